The Kier molecular flexibility index (Phi) is 4.55. The zero-order chi connectivity index (χ0) is 14.0. The Morgan fingerprint density at radius 3 is 2.61 bits per heavy atom. The van der Waals surface area contributed by atoms with Gasteiger partial charge in [0.25, 0.3) is 0 Å². The number of cyclic esters (lactones) is 2. The van der Waals surface area contributed by atoms with Gasteiger partial charge < -0.3 is 14.2 Å². The van der Waals surface area contributed by atoms with E-state index in [4.69, 9.17) is 4.74 Å². The summed E-state index contributed by atoms with van der Waals surface area (Å²) in [5.41, 5.74) is -0.0970. The molecule has 0 aliphatic carbocycles. The van der Waals surface area contributed by atoms with Gasteiger partial charge in [0, 0.05) is 0 Å². The van der Waals surface area contributed by atoms with Gasteiger partial charge in [-0.3, -0.25) is 0 Å². The van der Waals surface area contributed by atoms with E-state index in [0.29, 0.717) is 0 Å². The van der Waals surface area contributed by atoms with Gasteiger partial charge in [-0.15, -0.1) is 0 Å². The van der Waals surface area contributed by atoms with Crippen molar-refractivity contribution in [1.29, 1.82) is 0 Å². The monoisotopic (exact) mass is 276 g/mol. The van der Waals surface area contributed by atoms with Crippen LogP contribution in [0.2, 0.25) is 18.1 Å². The minimum absolute atomic E-state index is 0.0590. The molecule has 0 radical (unpaired) electrons. The van der Waals surface area contributed by atoms with E-state index in [1.165, 1.54) is 6.08 Å². The van der Waals surface area contributed by atoms with Crippen LogP contribution in [0.3, 0.4) is 0 Å². The van der Waals surface area contributed by atoms with Crippen molar-refractivity contribution in [3.8, 4) is 0 Å². The molecule has 18 heavy (non-hydrogen) atoms. The molecule has 0 aromatic carbocycles. The molecule has 1 saturated heterocycles. The SMILES string of the molecule is CC(C)(C)[Si](C)(C)C(F)=CCOC1COC(=O)O1. The summed E-state index contributed by atoms with van der Waals surface area (Å²) in [5.74, 6) is 0. The summed E-state index contributed by atoms with van der Waals surface area (Å²) in [6.45, 7) is 10.2. The molecular weight excluding hydrogens is 255 g/mol. The number of hydrogen-bond donors (Lipinski definition) is 0. The van der Waals surface area contributed by atoms with E-state index < -0.39 is 20.5 Å². The van der Waals surface area contributed by atoms with Gasteiger partial charge in [0.1, 0.15) is 8.07 Å². The van der Waals surface area contributed by atoms with Gasteiger partial charge in [-0.05, 0) is 11.1 Å². The van der Waals surface area contributed by atoms with E-state index in [0.717, 1.165) is 0 Å². The van der Waals surface area contributed by atoms with Crippen molar-refractivity contribution in [1.82, 2.24) is 0 Å². The average Bonchev–Trinajstić information content (AvgIpc) is 2.62. The summed E-state index contributed by atoms with van der Waals surface area (Å²) in [6, 6.07) is 0. The summed E-state index contributed by atoms with van der Waals surface area (Å²) in [4.78, 5) is 10.6. The lowest BCUT2D eigenvalue weighted by Gasteiger charge is -2.35. The quantitative estimate of drug-likeness (QED) is 0.583. The molecular formula is C12H21FO4Si. The fourth-order valence-electron chi connectivity index (χ4n) is 1.24. The average molecular weight is 276 g/mol. The third-order valence-corrected chi connectivity index (χ3v) is 8.73. The number of halogens is 1. The first kappa shape index (κ1) is 15.2. The van der Waals surface area contributed by atoms with Crippen molar-refractivity contribution in [2.24, 2.45) is 0 Å². The van der Waals surface area contributed by atoms with Crippen molar-refractivity contribution < 1.29 is 23.4 Å². The van der Waals surface area contributed by atoms with Crippen LogP contribution in [-0.4, -0.2) is 33.7 Å². The number of hydrogen-bond acceptors (Lipinski definition) is 4. The summed E-state index contributed by atoms with van der Waals surface area (Å²) in [6.07, 6.45) is -0.0290. The molecule has 6 heteroatoms. The van der Waals surface area contributed by atoms with E-state index in [-0.39, 0.29) is 23.7 Å². The summed E-state index contributed by atoms with van der Waals surface area (Å²) in [5, 5.41) is -0.0590. The molecule has 1 atom stereocenters. The van der Waals surface area contributed by atoms with E-state index in [1.54, 1.807) is 0 Å². The fourth-order valence-corrected chi connectivity index (χ4v) is 2.55. The van der Waals surface area contributed by atoms with Crippen molar-refractivity contribution >= 4 is 14.2 Å². The van der Waals surface area contributed by atoms with Crippen LogP contribution in [0.5, 0.6) is 0 Å². The molecule has 0 N–H and O–H groups in total. The molecule has 0 aromatic heterocycles. The summed E-state index contributed by atoms with van der Waals surface area (Å²) >= 11 is 0. The minimum Gasteiger partial charge on any atom is -0.428 e. The van der Waals surface area contributed by atoms with Gasteiger partial charge in [0.2, 0.25) is 6.29 Å². The van der Waals surface area contributed by atoms with Gasteiger partial charge in [-0.25, -0.2) is 9.18 Å². The minimum atomic E-state index is -2.12. The Morgan fingerprint density at radius 2 is 2.17 bits per heavy atom. The Labute approximate surface area is 108 Å². The van der Waals surface area contributed by atoms with Crippen LogP contribution in [0.1, 0.15) is 20.8 Å². The highest BCUT2D eigenvalue weighted by Gasteiger charge is 2.39. The maximum Gasteiger partial charge on any atom is 0.510 e. The smallest absolute Gasteiger partial charge is 0.428 e. The van der Waals surface area contributed by atoms with Gasteiger partial charge in [-0.2, -0.15) is 0 Å². The summed E-state index contributed by atoms with van der Waals surface area (Å²) < 4.78 is 28.5. The maximum absolute atomic E-state index is 14.1. The van der Waals surface area contributed by atoms with Crippen LogP contribution < -0.4 is 0 Å². The molecule has 0 saturated carbocycles. The molecule has 0 spiro atoms. The van der Waals surface area contributed by atoms with Gasteiger partial charge in [0.05, 0.1) is 12.1 Å². The lowest BCUT2D eigenvalue weighted by atomic mass is 10.2. The molecule has 1 aliphatic heterocycles. The molecule has 1 rings (SSSR count). The van der Waals surface area contributed by atoms with E-state index >= 15 is 0 Å². The highest BCUT2D eigenvalue weighted by atomic mass is 28.3. The number of ether oxygens (including phenoxy) is 3. The van der Waals surface area contributed by atoms with Gasteiger partial charge >= 0.3 is 6.16 Å². The highest BCUT2D eigenvalue weighted by Crippen LogP contribution is 2.40. The second-order valence-electron chi connectivity index (χ2n) is 5.87. The maximum atomic E-state index is 14.1. The van der Waals surface area contributed by atoms with Crippen molar-refractivity contribution in [3.63, 3.8) is 0 Å². The largest absolute Gasteiger partial charge is 0.510 e. The highest BCUT2D eigenvalue weighted by molar-refractivity contribution is 6.86. The standard InChI is InChI=1S/C12H21FO4Si/c1-12(2,3)18(4,5)9(13)6-7-15-10-8-16-11(14)17-10/h6,10H,7-8H2,1-5H3. The van der Waals surface area contributed by atoms with E-state index in [1.807, 2.05) is 33.9 Å². The number of carbonyl (C=O) groups is 1. The molecule has 104 valence electrons. The number of rotatable bonds is 4. The van der Waals surface area contributed by atoms with Crippen LogP contribution in [-0.2, 0) is 14.2 Å². The molecule has 4 nitrogen and oxygen atoms in total. The Bertz CT molecular complexity index is 346. The molecule has 1 unspecified atom stereocenters. The lowest BCUT2D eigenvalue weighted by molar-refractivity contribution is -0.0663. The molecule has 0 amide bonds. The van der Waals surface area contributed by atoms with Crippen LogP contribution in [0.4, 0.5) is 9.18 Å². The van der Waals surface area contributed by atoms with Crippen LogP contribution in [0, 0.1) is 0 Å². The molecule has 0 bridgehead atoms. The third kappa shape index (κ3) is 3.55. The number of carbonyl (C=O) groups excluding carboxylic acids is 1. The Balaban J connectivity index is 2.49. The van der Waals surface area contributed by atoms with E-state index in [2.05, 4.69) is 9.47 Å². The van der Waals surface area contributed by atoms with Gasteiger partial charge in [0.15, 0.2) is 6.61 Å². The van der Waals surface area contributed by atoms with Crippen molar-refractivity contribution in [3.05, 3.63) is 11.5 Å². The zero-order valence-corrected chi connectivity index (χ0v) is 12.6. The van der Waals surface area contributed by atoms with Gasteiger partial charge in [-0.1, -0.05) is 33.9 Å². The first-order valence-corrected chi connectivity index (χ1v) is 8.96. The third-order valence-electron chi connectivity index (χ3n) is 3.58. The zero-order valence-electron chi connectivity index (χ0n) is 11.6. The second kappa shape index (κ2) is 5.40. The fraction of sp³-hybridized carbons (Fsp3) is 0.750. The Hall–Kier alpha value is -0.883. The van der Waals surface area contributed by atoms with Crippen molar-refractivity contribution in [2.45, 2.75) is 45.2 Å². The molecule has 1 heterocycles. The predicted octanol–water partition coefficient (Wildman–Crippen LogP) is 3.40. The van der Waals surface area contributed by atoms with E-state index in [9.17, 15) is 9.18 Å². The first-order chi connectivity index (χ1) is 8.14. The van der Waals surface area contributed by atoms with Crippen LogP contribution in [0.25, 0.3) is 0 Å². The summed E-state index contributed by atoms with van der Waals surface area (Å²) in [7, 11) is -2.12. The first-order valence-electron chi connectivity index (χ1n) is 5.96. The lowest BCUT2D eigenvalue weighted by Crippen LogP contribution is -2.38. The van der Waals surface area contributed by atoms with Crippen LogP contribution in [0.15, 0.2) is 11.5 Å². The predicted molar refractivity (Wildman–Crippen MR) is 68.6 cm³/mol. The topological polar surface area (TPSA) is 44.8 Å². The normalized spacial score (nSPS) is 21.8. The molecule has 1 aliphatic rings. The second-order valence-corrected chi connectivity index (χ2v) is 11.1. The molecule has 0 aromatic rings. The molecule has 1 fully saturated rings. The van der Waals surface area contributed by atoms with Crippen LogP contribution >= 0.6 is 0 Å². The Morgan fingerprint density at radius 1 is 1.56 bits per heavy atom. The van der Waals surface area contributed by atoms with Crippen molar-refractivity contribution in [2.75, 3.05) is 13.2 Å².